The maximum Gasteiger partial charge on any atom is 0.247 e. The molecule has 0 spiro atoms. The molecule has 2 aliphatic rings. The molecular formula is C22H33N3O4S2. The van der Waals surface area contributed by atoms with Gasteiger partial charge >= 0.3 is 0 Å². The van der Waals surface area contributed by atoms with E-state index in [4.69, 9.17) is 0 Å². The van der Waals surface area contributed by atoms with E-state index in [-0.39, 0.29) is 25.0 Å². The summed E-state index contributed by atoms with van der Waals surface area (Å²) in [4.78, 5) is 29.3. The maximum atomic E-state index is 13.6. The van der Waals surface area contributed by atoms with Crippen molar-refractivity contribution in [3.8, 4) is 0 Å². The molecule has 1 unspecified atom stereocenters. The Balaban J connectivity index is 1.95. The van der Waals surface area contributed by atoms with Crippen LogP contribution in [0.25, 0.3) is 0 Å². The molecule has 1 saturated heterocycles. The topological polar surface area (TPSA) is 86.8 Å². The number of carbonyl (C=O) groups excluding carboxylic acids is 2. The zero-order valence-corrected chi connectivity index (χ0v) is 20.2. The Morgan fingerprint density at radius 2 is 1.81 bits per heavy atom. The van der Waals surface area contributed by atoms with Crippen molar-refractivity contribution in [2.24, 2.45) is 0 Å². The van der Waals surface area contributed by atoms with E-state index in [0.29, 0.717) is 5.69 Å². The molecule has 0 bridgehead atoms. The lowest BCUT2D eigenvalue weighted by Crippen LogP contribution is -2.70. The van der Waals surface area contributed by atoms with Crippen LogP contribution < -0.4 is 10.2 Å². The predicted molar refractivity (Wildman–Crippen MR) is 125 cm³/mol. The van der Waals surface area contributed by atoms with Gasteiger partial charge in [0.15, 0.2) is 0 Å². The van der Waals surface area contributed by atoms with Crippen molar-refractivity contribution in [1.82, 2.24) is 9.62 Å². The molecular weight excluding hydrogens is 434 g/mol. The van der Waals surface area contributed by atoms with Crippen molar-refractivity contribution in [2.45, 2.75) is 68.3 Å². The number of hydrogen-bond donors (Lipinski definition) is 1. The normalized spacial score (nSPS) is 24.5. The summed E-state index contributed by atoms with van der Waals surface area (Å²) in [5, 5.41) is 3.16. The van der Waals surface area contributed by atoms with Crippen LogP contribution in [-0.4, -0.2) is 61.7 Å². The van der Waals surface area contributed by atoms with Gasteiger partial charge in [0.05, 0.1) is 12.8 Å². The van der Waals surface area contributed by atoms with Crippen molar-refractivity contribution in [2.75, 3.05) is 30.5 Å². The Morgan fingerprint density at radius 3 is 2.42 bits per heavy atom. The average molecular weight is 468 g/mol. The lowest BCUT2D eigenvalue weighted by Gasteiger charge is -2.47. The molecule has 7 nitrogen and oxygen atoms in total. The van der Waals surface area contributed by atoms with Gasteiger partial charge in [0, 0.05) is 23.2 Å². The Labute approximate surface area is 190 Å². The molecule has 1 aliphatic carbocycles. The van der Waals surface area contributed by atoms with Crippen LogP contribution in [0.3, 0.4) is 0 Å². The van der Waals surface area contributed by atoms with E-state index in [1.165, 1.54) is 11.3 Å². The van der Waals surface area contributed by atoms with Crippen molar-refractivity contribution >= 4 is 39.3 Å². The number of benzene rings is 1. The number of sulfonamides is 1. The number of hydrogen-bond acceptors (Lipinski definition) is 5. The second-order valence-electron chi connectivity index (χ2n) is 8.75. The van der Waals surface area contributed by atoms with E-state index in [9.17, 15) is 18.0 Å². The smallest absolute Gasteiger partial charge is 0.247 e. The average Bonchev–Trinajstić information content (AvgIpc) is 2.68. The number of carbonyl (C=O) groups is 2. The van der Waals surface area contributed by atoms with Gasteiger partial charge in [-0.2, -0.15) is 4.31 Å². The van der Waals surface area contributed by atoms with Crippen molar-refractivity contribution < 1.29 is 18.0 Å². The van der Waals surface area contributed by atoms with Gasteiger partial charge in [-0.3, -0.25) is 14.5 Å². The third kappa shape index (κ3) is 5.62. The lowest BCUT2D eigenvalue weighted by molar-refractivity contribution is -0.133. The Hall–Kier alpha value is -1.58. The first-order chi connectivity index (χ1) is 14.6. The quantitative estimate of drug-likeness (QED) is 0.673. The first-order valence-corrected chi connectivity index (χ1v) is 14.0. The van der Waals surface area contributed by atoms with E-state index in [1.54, 1.807) is 24.8 Å². The van der Waals surface area contributed by atoms with E-state index in [1.807, 2.05) is 24.5 Å². The highest BCUT2D eigenvalue weighted by Crippen LogP contribution is 2.33. The summed E-state index contributed by atoms with van der Waals surface area (Å²) in [5.41, 5.74) is -0.724. The van der Waals surface area contributed by atoms with E-state index in [0.717, 1.165) is 54.0 Å². The summed E-state index contributed by atoms with van der Waals surface area (Å²) in [6, 6.07) is 7.52. The minimum absolute atomic E-state index is 0.0488. The van der Waals surface area contributed by atoms with Crippen LogP contribution in [0, 0.1) is 0 Å². The SMILES string of the molecule is CSc1cccc(N2C(=O)CN(S(C)(=O)=O)CC2(C)C(=O)NC2CCCCCCC2)c1. The van der Waals surface area contributed by atoms with Crippen LogP contribution in [0.15, 0.2) is 29.2 Å². The molecule has 0 radical (unpaired) electrons. The summed E-state index contributed by atoms with van der Waals surface area (Å²) >= 11 is 1.55. The minimum atomic E-state index is -3.62. The molecule has 1 N–H and O–H groups in total. The highest BCUT2D eigenvalue weighted by atomic mass is 32.2. The van der Waals surface area contributed by atoms with E-state index in [2.05, 4.69) is 5.32 Å². The molecule has 172 valence electrons. The molecule has 1 aromatic rings. The predicted octanol–water partition coefficient (Wildman–Crippen LogP) is 3.00. The van der Waals surface area contributed by atoms with Crippen LogP contribution in [0.5, 0.6) is 0 Å². The number of nitrogens with zero attached hydrogens (tertiary/aromatic N) is 2. The molecule has 1 atom stereocenters. The first-order valence-electron chi connectivity index (χ1n) is 10.9. The summed E-state index contributed by atoms with van der Waals surface area (Å²) in [5.74, 6) is -0.695. The molecule has 2 fully saturated rings. The number of nitrogens with one attached hydrogen (secondary N) is 1. The highest BCUT2D eigenvalue weighted by molar-refractivity contribution is 7.98. The molecule has 0 aromatic heterocycles. The molecule has 9 heteroatoms. The zero-order valence-electron chi connectivity index (χ0n) is 18.6. The maximum absolute atomic E-state index is 13.6. The molecule has 31 heavy (non-hydrogen) atoms. The Bertz CT molecular complexity index is 913. The fourth-order valence-corrected chi connectivity index (χ4v) is 5.78. The van der Waals surface area contributed by atoms with Crippen LogP contribution in [0.2, 0.25) is 0 Å². The second kappa shape index (κ2) is 9.92. The monoisotopic (exact) mass is 467 g/mol. The number of rotatable bonds is 5. The minimum Gasteiger partial charge on any atom is -0.351 e. The Morgan fingerprint density at radius 1 is 1.16 bits per heavy atom. The molecule has 2 amide bonds. The van der Waals surface area contributed by atoms with E-state index >= 15 is 0 Å². The van der Waals surface area contributed by atoms with Gasteiger partial charge in [0.2, 0.25) is 21.8 Å². The Kier molecular flexibility index (Phi) is 7.70. The first kappa shape index (κ1) is 24.1. The fraction of sp³-hybridized carbons (Fsp3) is 0.636. The zero-order chi connectivity index (χ0) is 22.6. The molecule has 1 saturated carbocycles. The van der Waals surface area contributed by atoms with Gasteiger partial charge in [-0.05, 0) is 44.2 Å². The van der Waals surface area contributed by atoms with Crippen LogP contribution in [-0.2, 0) is 19.6 Å². The third-order valence-electron chi connectivity index (χ3n) is 6.25. The van der Waals surface area contributed by atoms with Crippen molar-refractivity contribution in [3.05, 3.63) is 24.3 Å². The van der Waals surface area contributed by atoms with Crippen LogP contribution in [0.4, 0.5) is 5.69 Å². The van der Waals surface area contributed by atoms with Crippen molar-refractivity contribution in [1.29, 1.82) is 0 Å². The molecule has 3 rings (SSSR count). The second-order valence-corrected chi connectivity index (χ2v) is 11.6. The van der Waals surface area contributed by atoms with Gasteiger partial charge in [-0.1, -0.05) is 38.2 Å². The van der Waals surface area contributed by atoms with Gasteiger partial charge in [0.1, 0.15) is 5.54 Å². The number of anilines is 1. The van der Waals surface area contributed by atoms with Gasteiger partial charge in [-0.15, -0.1) is 11.8 Å². The van der Waals surface area contributed by atoms with Crippen LogP contribution >= 0.6 is 11.8 Å². The summed E-state index contributed by atoms with van der Waals surface area (Å²) in [6.07, 6.45) is 10.5. The summed E-state index contributed by atoms with van der Waals surface area (Å²) < 4.78 is 25.7. The van der Waals surface area contributed by atoms with Gasteiger partial charge < -0.3 is 5.32 Å². The van der Waals surface area contributed by atoms with Gasteiger partial charge in [-0.25, -0.2) is 8.42 Å². The number of thioether (sulfide) groups is 1. The largest absolute Gasteiger partial charge is 0.351 e. The third-order valence-corrected chi connectivity index (χ3v) is 8.17. The molecule has 1 heterocycles. The highest BCUT2D eigenvalue weighted by Gasteiger charge is 2.50. The summed E-state index contributed by atoms with van der Waals surface area (Å²) in [7, 11) is -3.62. The summed E-state index contributed by atoms with van der Waals surface area (Å²) in [6.45, 7) is 1.33. The number of amides is 2. The molecule has 1 aromatic carbocycles. The van der Waals surface area contributed by atoms with Crippen LogP contribution in [0.1, 0.15) is 51.9 Å². The fourth-order valence-electron chi connectivity index (χ4n) is 4.49. The molecule has 1 aliphatic heterocycles. The van der Waals surface area contributed by atoms with Gasteiger partial charge in [0.25, 0.3) is 0 Å². The lowest BCUT2D eigenvalue weighted by atomic mass is 9.92. The van der Waals surface area contributed by atoms with Crippen molar-refractivity contribution in [3.63, 3.8) is 0 Å². The standard InChI is InChI=1S/C22H33N3O4S2/c1-22(21(27)23-17-10-7-5-4-6-8-11-17)16-24(31(3,28)29)15-20(26)25(22)18-12-9-13-19(14-18)30-2/h9,12-14,17H,4-8,10-11,15-16H2,1-3H3,(H,23,27). The van der Waals surface area contributed by atoms with E-state index < -0.39 is 21.5 Å². The number of piperazine rings is 1.